The molecule has 0 radical (unpaired) electrons. The average molecular weight is 449 g/mol. The van der Waals surface area contributed by atoms with Gasteiger partial charge in [0, 0.05) is 0 Å². The summed E-state index contributed by atoms with van der Waals surface area (Å²) in [6.07, 6.45) is 19.6. The Balaban J connectivity index is 1.40. The maximum absolute atomic E-state index is 14.8. The molecular weight excluding hydrogens is 402 g/mol. The van der Waals surface area contributed by atoms with Gasteiger partial charge in [0.2, 0.25) is 5.82 Å². The monoisotopic (exact) mass is 448 g/mol. The van der Waals surface area contributed by atoms with Crippen molar-refractivity contribution in [1.29, 1.82) is 0 Å². The molecule has 2 saturated carbocycles. The third kappa shape index (κ3) is 7.45. The topological polar surface area (TPSA) is 9.23 Å². The largest absolute Gasteiger partial charge is 0.490 e. The Kier molecular flexibility index (Phi) is 10.8. The van der Waals surface area contributed by atoms with Crippen molar-refractivity contribution < 1.29 is 13.5 Å². The summed E-state index contributed by atoms with van der Waals surface area (Å²) in [5, 5.41) is 0. The molecule has 0 heterocycles. The molecule has 1 nitrogen and oxygen atoms in total. The van der Waals surface area contributed by atoms with Crippen molar-refractivity contribution in [2.24, 2.45) is 17.8 Å². The standard InChI is InChI=1S/C29H46F2O/c1-3-5-6-7-8-21-32-27-20-19-26(28(30)29(27)31)25-17-15-24(16-18-25)14-13-23-11-9-22(4-2)10-12-23/h19-20,22-25H,3-18,21H2,1-2H3. The third-order valence-corrected chi connectivity index (χ3v) is 8.40. The lowest BCUT2D eigenvalue weighted by molar-refractivity contribution is 0.226. The van der Waals surface area contributed by atoms with E-state index >= 15 is 0 Å². The van der Waals surface area contributed by atoms with Crippen LogP contribution in [0.4, 0.5) is 8.78 Å². The number of hydrogen-bond acceptors (Lipinski definition) is 1. The van der Waals surface area contributed by atoms with Crippen molar-refractivity contribution in [3.63, 3.8) is 0 Å². The number of ether oxygens (including phenoxy) is 1. The van der Waals surface area contributed by atoms with Gasteiger partial charge in [-0.05, 0) is 67.4 Å². The molecule has 0 spiro atoms. The summed E-state index contributed by atoms with van der Waals surface area (Å²) in [7, 11) is 0. The van der Waals surface area contributed by atoms with Gasteiger partial charge in [-0.3, -0.25) is 0 Å². The van der Waals surface area contributed by atoms with Crippen LogP contribution in [0, 0.1) is 29.4 Å². The third-order valence-electron chi connectivity index (χ3n) is 8.40. The van der Waals surface area contributed by atoms with Crippen LogP contribution in [-0.4, -0.2) is 6.61 Å². The Morgan fingerprint density at radius 1 is 0.719 bits per heavy atom. The van der Waals surface area contributed by atoms with Crippen LogP contribution in [0.2, 0.25) is 0 Å². The summed E-state index contributed by atoms with van der Waals surface area (Å²) in [6.45, 7) is 4.97. The molecule has 2 aliphatic carbocycles. The molecule has 2 aliphatic rings. The first kappa shape index (κ1) is 25.5. The summed E-state index contributed by atoms with van der Waals surface area (Å²) < 4.78 is 35.0. The van der Waals surface area contributed by atoms with Crippen LogP contribution >= 0.6 is 0 Å². The second-order valence-corrected chi connectivity index (χ2v) is 10.6. The van der Waals surface area contributed by atoms with E-state index in [4.69, 9.17) is 4.74 Å². The van der Waals surface area contributed by atoms with E-state index in [9.17, 15) is 8.78 Å². The Labute approximate surface area is 195 Å². The number of rotatable bonds is 12. The second kappa shape index (κ2) is 13.6. The molecule has 2 fully saturated rings. The highest BCUT2D eigenvalue weighted by Gasteiger charge is 2.28. The Morgan fingerprint density at radius 3 is 1.94 bits per heavy atom. The summed E-state index contributed by atoms with van der Waals surface area (Å²) >= 11 is 0. The first-order valence-corrected chi connectivity index (χ1v) is 13.7. The van der Waals surface area contributed by atoms with E-state index in [-0.39, 0.29) is 11.7 Å². The molecule has 32 heavy (non-hydrogen) atoms. The molecule has 0 amide bonds. The fourth-order valence-electron chi connectivity index (χ4n) is 6.02. The van der Waals surface area contributed by atoms with E-state index < -0.39 is 11.6 Å². The van der Waals surface area contributed by atoms with Gasteiger partial charge in [-0.2, -0.15) is 4.39 Å². The van der Waals surface area contributed by atoms with Crippen molar-refractivity contribution in [2.75, 3.05) is 6.61 Å². The fourth-order valence-corrected chi connectivity index (χ4v) is 6.02. The highest BCUT2D eigenvalue weighted by Crippen LogP contribution is 2.41. The molecule has 0 bridgehead atoms. The predicted molar refractivity (Wildman–Crippen MR) is 130 cm³/mol. The molecule has 0 aliphatic heterocycles. The van der Waals surface area contributed by atoms with E-state index in [1.807, 2.05) is 0 Å². The lowest BCUT2D eigenvalue weighted by Gasteiger charge is -2.32. The molecule has 0 saturated heterocycles. The van der Waals surface area contributed by atoms with Gasteiger partial charge >= 0.3 is 0 Å². The number of benzene rings is 1. The van der Waals surface area contributed by atoms with E-state index in [1.54, 1.807) is 12.1 Å². The van der Waals surface area contributed by atoms with Crippen LogP contribution in [-0.2, 0) is 0 Å². The SMILES string of the molecule is CCCCCCCOc1ccc(C2CCC(CCC3CCC(CC)CC3)CC2)c(F)c1F. The van der Waals surface area contributed by atoms with Crippen LogP contribution in [0.1, 0.15) is 128 Å². The molecule has 1 aromatic carbocycles. The maximum Gasteiger partial charge on any atom is 0.200 e. The number of unbranched alkanes of at least 4 members (excludes halogenated alkanes) is 4. The minimum absolute atomic E-state index is 0.0771. The zero-order valence-electron chi connectivity index (χ0n) is 20.6. The number of halogens is 2. The van der Waals surface area contributed by atoms with Gasteiger partial charge in [0.05, 0.1) is 6.61 Å². The van der Waals surface area contributed by atoms with Gasteiger partial charge in [-0.1, -0.05) is 90.5 Å². The minimum Gasteiger partial charge on any atom is -0.490 e. The normalized spacial score (nSPS) is 26.2. The van der Waals surface area contributed by atoms with Crippen molar-refractivity contribution in [1.82, 2.24) is 0 Å². The quantitative estimate of drug-likeness (QED) is 0.289. The molecule has 0 atom stereocenters. The van der Waals surface area contributed by atoms with Gasteiger partial charge < -0.3 is 4.74 Å². The second-order valence-electron chi connectivity index (χ2n) is 10.6. The van der Waals surface area contributed by atoms with Crippen LogP contribution in [0.3, 0.4) is 0 Å². The molecule has 1 aromatic rings. The minimum atomic E-state index is -0.791. The van der Waals surface area contributed by atoms with Crippen LogP contribution < -0.4 is 4.74 Å². The molecule has 0 N–H and O–H groups in total. The molecule has 0 aromatic heterocycles. The first-order valence-electron chi connectivity index (χ1n) is 13.7. The lowest BCUT2D eigenvalue weighted by atomic mass is 9.74. The molecular formula is C29H46F2O. The smallest absolute Gasteiger partial charge is 0.200 e. The van der Waals surface area contributed by atoms with Crippen molar-refractivity contribution in [3.05, 3.63) is 29.3 Å². The molecule has 3 rings (SSSR count). The van der Waals surface area contributed by atoms with Crippen LogP contribution in [0.25, 0.3) is 0 Å². The van der Waals surface area contributed by atoms with Crippen LogP contribution in [0.5, 0.6) is 5.75 Å². The predicted octanol–water partition coefficient (Wildman–Crippen LogP) is 9.58. The van der Waals surface area contributed by atoms with Gasteiger partial charge in [0.25, 0.3) is 0 Å². The first-order chi connectivity index (χ1) is 15.6. The summed E-state index contributed by atoms with van der Waals surface area (Å²) in [6, 6.07) is 3.43. The van der Waals surface area contributed by atoms with Gasteiger partial charge in [-0.25, -0.2) is 4.39 Å². The van der Waals surface area contributed by atoms with Gasteiger partial charge in [-0.15, -0.1) is 0 Å². The Morgan fingerprint density at radius 2 is 1.31 bits per heavy atom. The van der Waals surface area contributed by atoms with Crippen molar-refractivity contribution in [2.45, 2.75) is 122 Å². The average Bonchev–Trinajstić information content (AvgIpc) is 2.83. The Bertz CT molecular complexity index is 657. The number of hydrogen-bond donors (Lipinski definition) is 0. The highest BCUT2D eigenvalue weighted by molar-refractivity contribution is 5.33. The fraction of sp³-hybridized carbons (Fsp3) is 0.793. The molecule has 0 unspecified atom stereocenters. The van der Waals surface area contributed by atoms with Crippen LogP contribution in [0.15, 0.2) is 12.1 Å². The zero-order chi connectivity index (χ0) is 22.8. The highest BCUT2D eigenvalue weighted by atomic mass is 19.2. The van der Waals surface area contributed by atoms with E-state index in [2.05, 4.69) is 13.8 Å². The molecule has 3 heteroatoms. The van der Waals surface area contributed by atoms with Gasteiger partial charge in [0.1, 0.15) is 0 Å². The van der Waals surface area contributed by atoms with Crippen molar-refractivity contribution in [3.8, 4) is 5.75 Å². The summed E-state index contributed by atoms with van der Waals surface area (Å²) in [5.41, 5.74) is 0.564. The summed E-state index contributed by atoms with van der Waals surface area (Å²) in [4.78, 5) is 0. The van der Waals surface area contributed by atoms with E-state index in [1.165, 1.54) is 64.2 Å². The molecule has 182 valence electrons. The van der Waals surface area contributed by atoms with Crippen molar-refractivity contribution >= 4 is 0 Å². The summed E-state index contributed by atoms with van der Waals surface area (Å²) in [5.74, 6) is 1.45. The Hall–Kier alpha value is -1.12. The van der Waals surface area contributed by atoms with Gasteiger partial charge in [0.15, 0.2) is 11.6 Å². The maximum atomic E-state index is 14.8. The zero-order valence-corrected chi connectivity index (χ0v) is 20.6. The van der Waals surface area contributed by atoms with E-state index in [0.29, 0.717) is 12.2 Å². The van der Waals surface area contributed by atoms with E-state index in [0.717, 1.165) is 56.3 Å². The lowest BCUT2D eigenvalue weighted by Crippen LogP contribution is -2.18.